The molecule has 0 amide bonds. The van der Waals surface area contributed by atoms with E-state index in [0.29, 0.717) is 6.04 Å². The fourth-order valence-electron chi connectivity index (χ4n) is 3.09. The summed E-state index contributed by atoms with van der Waals surface area (Å²) in [6.45, 7) is 2.37. The number of rotatable bonds is 2. The highest BCUT2D eigenvalue weighted by Crippen LogP contribution is 2.33. The number of fused-ring (bicyclic) bond motifs is 1. The van der Waals surface area contributed by atoms with Crippen LogP contribution in [0.4, 0.5) is 5.82 Å². The van der Waals surface area contributed by atoms with Gasteiger partial charge in [-0.15, -0.1) is 11.3 Å². The van der Waals surface area contributed by atoms with Crippen LogP contribution in [0.5, 0.6) is 0 Å². The molecule has 1 aliphatic carbocycles. The number of thiophene rings is 1. The minimum absolute atomic E-state index is 0.622. The van der Waals surface area contributed by atoms with Gasteiger partial charge in [-0.05, 0) is 30.2 Å². The van der Waals surface area contributed by atoms with E-state index in [-0.39, 0.29) is 0 Å². The van der Waals surface area contributed by atoms with E-state index in [4.69, 9.17) is 0 Å². The first-order valence-corrected chi connectivity index (χ1v) is 7.56. The van der Waals surface area contributed by atoms with Crippen molar-refractivity contribution in [2.24, 2.45) is 5.92 Å². The van der Waals surface area contributed by atoms with Crippen molar-refractivity contribution >= 4 is 27.4 Å². The van der Waals surface area contributed by atoms with Crippen LogP contribution in [-0.4, -0.2) is 23.1 Å². The first-order valence-electron chi connectivity index (χ1n) is 6.68. The molecule has 96 valence electrons. The predicted molar refractivity (Wildman–Crippen MR) is 77.2 cm³/mol. The van der Waals surface area contributed by atoms with Crippen molar-refractivity contribution in [1.29, 1.82) is 0 Å². The summed E-state index contributed by atoms with van der Waals surface area (Å²) >= 11 is 1.69. The number of hydrogen-bond acceptors (Lipinski definition) is 4. The zero-order valence-corrected chi connectivity index (χ0v) is 11.8. The quantitative estimate of drug-likeness (QED) is 0.825. The zero-order valence-electron chi connectivity index (χ0n) is 11.0. The highest BCUT2D eigenvalue weighted by atomic mass is 32.1. The third kappa shape index (κ3) is 1.99. The fourth-order valence-corrected chi connectivity index (χ4v) is 3.81. The van der Waals surface area contributed by atoms with E-state index >= 15 is 0 Å². The van der Waals surface area contributed by atoms with Gasteiger partial charge >= 0.3 is 0 Å². The Kier molecular flexibility index (Phi) is 3.20. The van der Waals surface area contributed by atoms with Crippen LogP contribution in [0.1, 0.15) is 32.6 Å². The molecule has 0 N–H and O–H groups in total. The Labute approximate surface area is 112 Å². The molecule has 1 fully saturated rings. The van der Waals surface area contributed by atoms with Gasteiger partial charge in [0, 0.05) is 13.1 Å². The molecular weight excluding hydrogens is 242 g/mol. The van der Waals surface area contributed by atoms with Gasteiger partial charge in [-0.1, -0.05) is 19.8 Å². The second-order valence-electron chi connectivity index (χ2n) is 5.28. The van der Waals surface area contributed by atoms with Gasteiger partial charge in [0.15, 0.2) is 0 Å². The number of nitrogens with zero attached hydrogens (tertiary/aromatic N) is 3. The summed E-state index contributed by atoms with van der Waals surface area (Å²) in [6.07, 6.45) is 7.04. The van der Waals surface area contributed by atoms with Crippen LogP contribution in [-0.2, 0) is 0 Å². The van der Waals surface area contributed by atoms with Gasteiger partial charge in [-0.25, -0.2) is 9.97 Å². The maximum absolute atomic E-state index is 4.51. The van der Waals surface area contributed by atoms with Crippen molar-refractivity contribution in [3.05, 3.63) is 17.8 Å². The van der Waals surface area contributed by atoms with Gasteiger partial charge in [0.2, 0.25) is 0 Å². The third-order valence-electron chi connectivity index (χ3n) is 4.14. The summed E-state index contributed by atoms with van der Waals surface area (Å²) in [4.78, 5) is 12.3. The molecule has 3 nitrogen and oxygen atoms in total. The van der Waals surface area contributed by atoms with E-state index in [9.17, 15) is 0 Å². The van der Waals surface area contributed by atoms with Crippen LogP contribution < -0.4 is 4.90 Å². The summed E-state index contributed by atoms with van der Waals surface area (Å²) < 4.78 is 0. The van der Waals surface area contributed by atoms with E-state index in [0.717, 1.165) is 16.6 Å². The van der Waals surface area contributed by atoms with Crippen molar-refractivity contribution in [2.45, 2.75) is 38.6 Å². The SMILES string of the molecule is CC1CCCCC1N(C)c1ncnc2sccc12. The Morgan fingerprint density at radius 2 is 2.11 bits per heavy atom. The minimum atomic E-state index is 0.622. The largest absolute Gasteiger partial charge is 0.356 e. The lowest BCUT2D eigenvalue weighted by Gasteiger charge is -2.37. The van der Waals surface area contributed by atoms with Gasteiger partial charge in [0.05, 0.1) is 5.39 Å². The molecule has 2 atom stereocenters. The molecular formula is C14H19N3S. The lowest BCUT2D eigenvalue weighted by Crippen LogP contribution is -2.39. The van der Waals surface area contributed by atoms with Gasteiger partial charge < -0.3 is 4.90 Å². The van der Waals surface area contributed by atoms with Crippen LogP contribution in [0.2, 0.25) is 0 Å². The van der Waals surface area contributed by atoms with Crippen LogP contribution in [0.15, 0.2) is 17.8 Å². The molecule has 0 radical (unpaired) electrons. The van der Waals surface area contributed by atoms with Gasteiger partial charge in [-0.3, -0.25) is 0 Å². The molecule has 18 heavy (non-hydrogen) atoms. The Hall–Kier alpha value is -1.16. The Balaban J connectivity index is 1.95. The standard InChI is InChI=1S/C14H19N3S/c1-10-5-3-4-6-12(10)17(2)13-11-7-8-18-14(11)16-9-15-13/h7-10,12H,3-6H2,1-2H3. The molecule has 2 aromatic rings. The summed E-state index contributed by atoms with van der Waals surface area (Å²) in [5.41, 5.74) is 0. The van der Waals surface area contributed by atoms with E-state index in [2.05, 4.69) is 40.3 Å². The van der Waals surface area contributed by atoms with Crippen LogP contribution in [0, 0.1) is 5.92 Å². The number of anilines is 1. The molecule has 2 aromatic heterocycles. The topological polar surface area (TPSA) is 29.0 Å². The molecule has 0 spiro atoms. The fraction of sp³-hybridized carbons (Fsp3) is 0.571. The summed E-state index contributed by atoms with van der Waals surface area (Å²) in [6, 6.07) is 2.76. The molecule has 3 rings (SSSR count). The molecule has 4 heteroatoms. The highest BCUT2D eigenvalue weighted by molar-refractivity contribution is 7.16. The van der Waals surface area contributed by atoms with Crippen LogP contribution in [0.25, 0.3) is 10.2 Å². The summed E-state index contributed by atoms with van der Waals surface area (Å²) in [7, 11) is 2.19. The Morgan fingerprint density at radius 1 is 1.28 bits per heavy atom. The minimum Gasteiger partial charge on any atom is -0.356 e. The maximum atomic E-state index is 4.51. The predicted octanol–water partition coefficient (Wildman–Crippen LogP) is 3.71. The third-order valence-corrected chi connectivity index (χ3v) is 4.96. The van der Waals surface area contributed by atoms with E-state index in [1.54, 1.807) is 17.7 Å². The van der Waals surface area contributed by atoms with Crippen molar-refractivity contribution < 1.29 is 0 Å². The van der Waals surface area contributed by atoms with Crippen molar-refractivity contribution in [3.63, 3.8) is 0 Å². The monoisotopic (exact) mass is 261 g/mol. The number of hydrogen-bond donors (Lipinski definition) is 0. The lowest BCUT2D eigenvalue weighted by molar-refractivity contribution is 0.321. The molecule has 0 saturated heterocycles. The van der Waals surface area contributed by atoms with Gasteiger partial charge in [-0.2, -0.15) is 0 Å². The first-order chi connectivity index (χ1) is 8.77. The average molecular weight is 261 g/mol. The molecule has 0 aromatic carbocycles. The molecule has 2 unspecified atom stereocenters. The number of aromatic nitrogens is 2. The highest BCUT2D eigenvalue weighted by Gasteiger charge is 2.26. The maximum Gasteiger partial charge on any atom is 0.140 e. The van der Waals surface area contributed by atoms with Gasteiger partial charge in [0.1, 0.15) is 17.0 Å². The van der Waals surface area contributed by atoms with Crippen LogP contribution in [0.3, 0.4) is 0 Å². The lowest BCUT2D eigenvalue weighted by atomic mass is 9.85. The molecule has 1 aliphatic rings. The molecule has 0 aliphatic heterocycles. The van der Waals surface area contributed by atoms with Crippen molar-refractivity contribution in [3.8, 4) is 0 Å². The summed E-state index contributed by atoms with van der Waals surface area (Å²) in [5.74, 6) is 1.85. The molecule has 0 bridgehead atoms. The van der Waals surface area contributed by atoms with E-state index < -0.39 is 0 Å². The first kappa shape index (κ1) is 11.9. The molecule has 1 saturated carbocycles. The van der Waals surface area contributed by atoms with Gasteiger partial charge in [0.25, 0.3) is 0 Å². The van der Waals surface area contributed by atoms with E-state index in [1.165, 1.54) is 31.1 Å². The second kappa shape index (κ2) is 4.84. The molecule has 2 heterocycles. The zero-order chi connectivity index (χ0) is 12.5. The Bertz CT molecular complexity index is 537. The smallest absolute Gasteiger partial charge is 0.140 e. The van der Waals surface area contributed by atoms with Crippen molar-refractivity contribution in [1.82, 2.24) is 9.97 Å². The Morgan fingerprint density at radius 3 is 2.94 bits per heavy atom. The van der Waals surface area contributed by atoms with Crippen molar-refractivity contribution in [2.75, 3.05) is 11.9 Å². The van der Waals surface area contributed by atoms with Crippen LogP contribution >= 0.6 is 11.3 Å². The summed E-state index contributed by atoms with van der Waals surface area (Å²) in [5, 5.41) is 3.30. The average Bonchev–Trinajstić information content (AvgIpc) is 2.86. The van der Waals surface area contributed by atoms with E-state index in [1.807, 2.05) is 0 Å². The normalized spacial score (nSPS) is 24.3. The second-order valence-corrected chi connectivity index (χ2v) is 6.17.